The topological polar surface area (TPSA) is 70.6 Å². The Kier molecular flexibility index (Phi) is 7.82. The van der Waals surface area contributed by atoms with Gasteiger partial charge in [0, 0.05) is 24.0 Å². The van der Waals surface area contributed by atoms with E-state index in [9.17, 15) is 9.90 Å². The summed E-state index contributed by atoms with van der Waals surface area (Å²) in [7, 11) is 1.54. The van der Waals surface area contributed by atoms with Crippen LogP contribution in [0.25, 0.3) is 0 Å². The van der Waals surface area contributed by atoms with E-state index < -0.39 is 5.60 Å². The Balaban J connectivity index is 2.55. The summed E-state index contributed by atoms with van der Waals surface area (Å²) in [6, 6.07) is 5.02. The van der Waals surface area contributed by atoms with E-state index in [0.29, 0.717) is 42.3 Å². The van der Waals surface area contributed by atoms with E-state index in [4.69, 9.17) is 16.3 Å². The van der Waals surface area contributed by atoms with Crippen molar-refractivity contribution in [3.8, 4) is 5.75 Å². The van der Waals surface area contributed by atoms with E-state index in [0.717, 1.165) is 0 Å². The molecule has 0 saturated carbocycles. The number of rotatable bonds is 9. The van der Waals surface area contributed by atoms with Crippen molar-refractivity contribution in [3.63, 3.8) is 0 Å². The molecule has 1 aromatic rings. The van der Waals surface area contributed by atoms with Gasteiger partial charge in [0.25, 0.3) is 0 Å². The zero-order valence-corrected chi connectivity index (χ0v) is 15.0. The minimum atomic E-state index is -0.721. The SMILES string of the molecule is CCC(O)(CC)CNC(C)CC(=O)Nc1cc(Cl)ccc1OC. The fourth-order valence-electron chi connectivity index (χ4n) is 2.19. The molecule has 0 aliphatic rings. The normalized spacial score (nSPS) is 12.8. The van der Waals surface area contributed by atoms with Crippen LogP contribution in [0.15, 0.2) is 18.2 Å². The molecule has 3 N–H and O–H groups in total. The van der Waals surface area contributed by atoms with Crippen molar-refractivity contribution in [3.05, 3.63) is 23.2 Å². The third-order valence-electron chi connectivity index (χ3n) is 4.02. The highest BCUT2D eigenvalue weighted by atomic mass is 35.5. The van der Waals surface area contributed by atoms with E-state index >= 15 is 0 Å². The van der Waals surface area contributed by atoms with Gasteiger partial charge in [-0.1, -0.05) is 25.4 Å². The summed E-state index contributed by atoms with van der Waals surface area (Å²) in [5, 5.41) is 16.8. The Morgan fingerprint density at radius 1 is 1.39 bits per heavy atom. The third kappa shape index (κ3) is 6.37. The molecule has 1 unspecified atom stereocenters. The highest BCUT2D eigenvalue weighted by Crippen LogP contribution is 2.27. The highest BCUT2D eigenvalue weighted by Gasteiger charge is 2.23. The van der Waals surface area contributed by atoms with Gasteiger partial charge < -0.3 is 20.5 Å². The van der Waals surface area contributed by atoms with Gasteiger partial charge in [-0.05, 0) is 38.0 Å². The molecule has 1 atom stereocenters. The number of aliphatic hydroxyl groups is 1. The molecule has 130 valence electrons. The Bertz CT molecular complexity index is 519. The van der Waals surface area contributed by atoms with Gasteiger partial charge in [-0.2, -0.15) is 0 Å². The van der Waals surface area contributed by atoms with Crippen molar-refractivity contribution < 1.29 is 14.6 Å². The molecule has 0 saturated heterocycles. The Hall–Kier alpha value is -1.30. The summed E-state index contributed by atoms with van der Waals surface area (Å²) in [5.41, 5.74) is -0.170. The van der Waals surface area contributed by atoms with Gasteiger partial charge in [0.2, 0.25) is 5.91 Å². The van der Waals surface area contributed by atoms with Crippen molar-refractivity contribution in [1.82, 2.24) is 5.32 Å². The fourth-order valence-corrected chi connectivity index (χ4v) is 2.37. The second kappa shape index (κ2) is 9.11. The van der Waals surface area contributed by atoms with Gasteiger partial charge in [0.1, 0.15) is 5.75 Å². The van der Waals surface area contributed by atoms with Gasteiger partial charge in [-0.3, -0.25) is 4.79 Å². The Labute approximate surface area is 143 Å². The van der Waals surface area contributed by atoms with Crippen LogP contribution in [0, 0.1) is 0 Å². The van der Waals surface area contributed by atoms with Crippen LogP contribution in [0.1, 0.15) is 40.0 Å². The number of amides is 1. The zero-order chi connectivity index (χ0) is 17.5. The van der Waals surface area contributed by atoms with E-state index in [1.54, 1.807) is 25.3 Å². The first-order valence-corrected chi connectivity index (χ1v) is 8.30. The number of carbonyl (C=O) groups excluding carboxylic acids is 1. The molecule has 0 fully saturated rings. The molecular weight excluding hydrogens is 316 g/mol. The second-order valence-electron chi connectivity index (χ2n) is 5.81. The second-order valence-corrected chi connectivity index (χ2v) is 6.25. The molecule has 23 heavy (non-hydrogen) atoms. The number of nitrogens with one attached hydrogen (secondary N) is 2. The van der Waals surface area contributed by atoms with Crippen molar-refractivity contribution in [2.45, 2.75) is 51.7 Å². The number of hydrogen-bond acceptors (Lipinski definition) is 4. The molecule has 0 heterocycles. The lowest BCUT2D eigenvalue weighted by Crippen LogP contribution is -2.43. The average Bonchev–Trinajstić information content (AvgIpc) is 2.52. The summed E-state index contributed by atoms with van der Waals surface area (Å²) >= 11 is 5.95. The van der Waals surface area contributed by atoms with Crippen LogP contribution in [-0.2, 0) is 4.79 Å². The maximum atomic E-state index is 12.2. The maximum Gasteiger partial charge on any atom is 0.226 e. The van der Waals surface area contributed by atoms with Crippen LogP contribution < -0.4 is 15.4 Å². The maximum absolute atomic E-state index is 12.2. The first-order chi connectivity index (χ1) is 10.8. The van der Waals surface area contributed by atoms with Crippen LogP contribution in [-0.4, -0.2) is 36.3 Å². The van der Waals surface area contributed by atoms with Crippen LogP contribution in [0.5, 0.6) is 5.75 Å². The summed E-state index contributed by atoms with van der Waals surface area (Å²) in [5.74, 6) is 0.428. The quantitative estimate of drug-likeness (QED) is 0.644. The third-order valence-corrected chi connectivity index (χ3v) is 4.26. The van der Waals surface area contributed by atoms with Crippen molar-refractivity contribution in [2.75, 3.05) is 19.0 Å². The van der Waals surface area contributed by atoms with Crippen LogP contribution >= 0.6 is 11.6 Å². The Morgan fingerprint density at radius 3 is 2.61 bits per heavy atom. The van der Waals surface area contributed by atoms with Gasteiger partial charge in [0.15, 0.2) is 0 Å². The Morgan fingerprint density at radius 2 is 2.04 bits per heavy atom. The molecule has 0 spiro atoms. The molecule has 0 radical (unpaired) electrons. The van der Waals surface area contributed by atoms with Crippen LogP contribution in [0.4, 0.5) is 5.69 Å². The van der Waals surface area contributed by atoms with E-state index in [1.165, 1.54) is 0 Å². The highest BCUT2D eigenvalue weighted by molar-refractivity contribution is 6.31. The molecule has 0 aliphatic heterocycles. The lowest BCUT2D eigenvalue weighted by molar-refractivity contribution is -0.116. The molecule has 1 aromatic carbocycles. The lowest BCUT2D eigenvalue weighted by atomic mass is 9.97. The molecule has 0 aromatic heterocycles. The first kappa shape index (κ1) is 19.7. The molecule has 0 bridgehead atoms. The zero-order valence-electron chi connectivity index (χ0n) is 14.3. The fraction of sp³-hybridized carbons (Fsp3) is 0.588. The minimum Gasteiger partial charge on any atom is -0.495 e. The predicted molar refractivity (Wildman–Crippen MR) is 94.2 cm³/mol. The van der Waals surface area contributed by atoms with E-state index in [-0.39, 0.29) is 11.9 Å². The van der Waals surface area contributed by atoms with E-state index in [2.05, 4.69) is 10.6 Å². The standard InChI is InChI=1S/C17H27ClN2O3/c1-5-17(22,6-2)11-19-12(3)9-16(21)20-14-10-13(18)7-8-15(14)23-4/h7-8,10,12,19,22H,5-6,9,11H2,1-4H3,(H,20,21). The summed E-state index contributed by atoms with van der Waals surface area (Å²) in [6.45, 7) is 6.29. The van der Waals surface area contributed by atoms with Gasteiger partial charge in [-0.25, -0.2) is 0 Å². The van der Waals surface area contributed by atoms with Crippen molar-refractivity contribution >= 4 is 23.2 Å². The summed E-state index contributed by atoms with van der Waals surface area (Å²) in [4.78, 5) is 12.2. The van der Waals surface area contributed by atoms with Gasteiger partial charge in [0.05, 0.1) is 18.4 Å². The number of halogens is 1. The molecular formula is C17H27ClN2O3. The first-order valence-electron chi connectivity index (χ1n) is 7.92. The average molecular weight is 343 g/mol. The monoisotopic (exact) mass is 342 g/mol. The van der Waals surface area contributed by atoms with Crippen LogP contribution in [0.2, 0.25) is 5.02 Å². The van der Waals surface area contributed by atoms with Crippen molar-refractivity contribution in [2.24, 2.45) is 0 Å². The smallest absolute Gasteiger partial charge is 0.226 e. The molecule has 5 nitrogen and oxygen atoms in total. The summed E-state index contributed by atoms with van der Waals surface area (Å²) in [6.07, 6.45) is 1.64. The van der Waals surface area contributed by atoms with Crippen molar-refractivity contribution in [1.29, 1.82) is 0 Å². The van der Waals surface area contributed by atoms with E-state index in [1.807, 2.05) is 20.8 Å². The lowest BCUT2D eigenvalue weighted by Gasteiger charge is -2.27. The number of benzene rings is 1. The van der Waals surface area contributed by atoms with Crippen LogP contribution in [0.3, 0.4) is 0 Å². The molecule has 6 heteroatoms. The molecule has 1 rings (SSSR count). The number of anilines is 1. The van der Waals surface area contributed by atoms with Gasteiger partial charge in [-0.15, -0.1) is 0 Å². The largest absolute Gasteiger partial charge is 0.495 e. The number of carbonyl (C=O) groups is 1. The summed E-state index contributed by atoms with van der Waals surface area (Å²) < 4.78 is 5.21. The number of ether oxygens (including phenoxy) is 1. The predicted octanol–water partition coefficient (Wildman–Crippen LogP) is 3.21. The minimum absolute atomic E-state index is 0.0511. The number of methoxy groups -OCH3 is 1. The molecule has 1 amide bonds. The molecule has 0 aliphatic carbocycles. The van der Waals surface area contributed by atoms with Gasteiger partial charge >= 0.3 is 0 Å². The number of hydrogen-bond donors (Lipinski definition) is 3.